The average molecular weight is 844 g/mol. The van der Waals surface area contributed by atoms with Crippen LogP contribution in [0, 0.1) is 0 Å². The normalized spacial score (nSPS) is 11.7. The van der Waals surface area contributed by atoms with Gasteiger partial charge < -0.3 is 0 Å². The SMILES string of the molecule is c1ccc(-c2cc(-c3ccc4cccc(-c5nc(-c6c(-c7cccc8ccccc78)ccc7ccccc67)nc(-c6cccc7c6sc6ccccc67)n5)c4c3)cc3ccccc23)cc1. The highest BCUT2D eigenvalue weighted by Crippen LogP contribution is 2.44. The number of nitrogens with zero attached hydrogens (tertiary/aromatic N) is 3. The summed E-state index contributed by atoms with van der Waals surface area (Å²) in [7, 11) is 0. The molecule has 2 aromatic heterocycles. The molecule has 13 rings (SSSR count). The first-order chi connectivity index (χ1) is 32.2. The Morgan fingerprint density at radius 2 is 0.815 bits per heavy atom. The lowest BCUT2D eigenvalue weighted by molar-refractivity contribution is 1.08. The van der Waals surface area contributed by atoms with Crippen LogP contribution in [0.3, 0.4) is 0 Å². The Morgan fingerprint density at radius 1 is 0.262 bits per heavy atom. The monoisotopic (exact) mass is 843 g/mol. The summed E-state index contributed by atoms with van der Waals surface area (Å²) < 4.78 is 2.40. The van der Waals surface area contributed by atoms with Crippen molar-refractivity contribution in [3.63, 3.8) is 0 Å². The van der Waals surface area contributed by atoms with Crippen molar-refractivity contribution in [2.75, 3.05) is 0 Å². The van der Waals surface area contributed by atoms with Crippen LogP contribution in [0.4, 0.5) is 0 Å². The van der Waals surface area contributed by atoms with E-state index in [9.17, 15) is 0 Å². The van der Waals surface area contributed by atoms with Crippen molar-refractivity contribution in [1.82, 2.24) is 15.0 Å². The molecule has 0 atom stereocenters. The highest BCUT2D eigenvalue weighted by molar-refractivity contribution is 7.26. The number of fused-ring (bicyclic) bond motifs is 7. The molecule has 0 aliphatic carbocycles. The van der Waals surface area contributed by atoms with Gasteiger partial charge in [-0.05, 0) is 107 Å². The van der Waals surface area contributed by atoms with Crippen molar-refractivity contribution < 1.29 is 0 Å². The summed E-state index contributed by atoms with van der Waals surface area (Å²) in [5.41, 5.74) is 9.84. The molecule has 4 heteroatoms. The summed E-state index contributed by atoms with van der Waals surface area (Å²) in [4.78, 5) is 16.6. The molecule has 302 valence electrons. The number of benzene rings is 11. The lowest BCUT2D eigenvalue weighted by atomic mass is 9.90. The molecule has 2 heterocycles. The van der Waals surface area contributed by atoms with Crippen LogP contribution in [0.2, 0.25) is 0 Å². The summed E-state index contributed by atoms with van der Waals surface area (Å²) in [6.45, 7) is 0. The third kappa shape index (κ3) is 6.30. The van der Waals surface area contributed by atoms with Crippen LogP contribution in [0.25, 0.3) is 131 Å². The van der Waals surface area contributed by atoms with Crippen LogP contribution < -0.4 is 0 Å². The van der Waals surface area contributed by atoms with Gasteiger partial charge in [0.25, 0.3) is 0 Å². The van der Waals surface area contributed by atoms with E-state index in [2.05, 4.69) is 224 Å². The highest BCUT2D eigenvalue weighted by Gasteiger charge is 2.22. The lowest BCUT2D eigenvalue weighted by Crippen LogP contribution is -2.02. The van der Waals surface area contributed by atoms with Crippen molar-refractivity contribution >= 4 is 74.6 Å². The van der Waals surface area contributed by atoms with E-state index in [0.29, 0.717) is 17.5 Å². The Hall–Kier alpha value is -8.31. The zero-order valence-corrected chi connectivity index (χ0v) is 35.9. The minimum absolute atomic E-state index is 0.631. The van der Waals surface area contributed by atoms with Crippen molar-refractivity contribution in [2.45, 2.75) is 0 Å². The van der Waals surface area contributed by atoms with E-state index in [1.165, 1.54) is 48.1 Å². The second kappa shape index (κ2) is 15.2. The Bertz CT molecular complexity index is 4010. The highest BCUT2D eigenvalue weighted by atomic mass is 32.1. The van der Waals surface area contributed by atoms with Gasteiger partial charge in [-0.25, -0.2) is 15.0 Å². The van der Waals surface area contributed by atoms with Gasteiger partial charge in [0.05, 0.1) is 0 Å². The standard InChI is InChI=1S/C61H37N3S/c1-2-15-39(16-3-1)54-37-44(35-43-19-6-8-23-46(43)54)42-32-31-41-21-13-28-52(55(41)36-42)59-62-60(53-29-14-27-51-49-25-10-11-30-56(49)65-58(51)53)64-61(63-59)57-47-24-9-5-18-40(47)33-34-50(57)48-26-12-20-38-17-4-7-22-45(38)48/h1-37H. The van der Waals surface area contributed by atoms with Crippen LogP contribution >= 0.6 is 11.3 Å². The fourth-order valence-electron chi connectivity index (χ4n) is 9.83. The minimum Gasteiger partial charge on any atom is -0.208 e. The van der Waals surface area contributed by atoms with Crippen molar-refractivity contribution in [3.05, 3.63) is 224 Å². The van der Waals surface area contributed by atoms with E-state index in [4.69, 9.17) is 15.0 Å². The topological polar surface area (TPSA) is 38.7 Å². The first kappa shape index (κ1) is 37.3. The maximum Gasteiger partial charge on any atom is 0.165 e. The molecule has 0 aliphatic heterocycles. The minimum atomic E-state index is 0.631. The van der Waals surface area contributed by atoms with Crippen LogP contribution in [0.5, 0.6) is 0 Å². The largest absolute Gasteiger partial charge is 0.208 e. The van der Waals surface area contributed by atoms with Gasteiger partial charge in [-0.15, -0.1) is 11.3 Å². The van der Waals surface area contributed by atoms with E-state index in [1.807, 2.05) is 0 Å². The number of rotatable bonds is 6. The summed E-state index contributed by atoms with van der Waals surface area (Å²) >= 11 is 1.79. The molecule has 13 aromatic rings. The third-order valence-corrected chi connectivity index (χ3v) is 14.1. The molecular weight excluding hydrogens is 807 g/mol. The van der Waals surface area contributed by atoms with E-state index < -0.39 is 0 Å². The van der Waals surface area contributed by atoms with Crippen molar-refractivity contribution in [3.8, 4) is 67.5 Å². The maximum absolute atomic E-state index is 5.57. The van der Waals surface area contributed by atoms with Crippen LogP contribution in [-0.2, 0) is 0 Å². The molecule has 0 fully saturated rings. The average Bonchev–Trinajstić information content (AvgIpc) is 3.77. The second-order valence-corrected chi connectivity index (χ2v) is 17.7. The van der Waals surface area contributed by atoms with Gasteiger partial charge in [-0.2, -0.15) is 0 Å². The summed E-state index contributed by atoms with van der Waals surface area (Å²) in [5.74, 6) is 1.92. The van der Waals surface area contributed by atoms with E-state index >= 15 is 0 Å². The molecule has 0 amide bonds. The third-order valence-electron chi connectivity index (χ3n) is 12.9. The van der Waals surface area contributed by atoms with Gasteiger partial charge in [0.2, 0.25) is 0 Å². The maximum atomic E-state index is 5.57. The van der Waals surface area contributed by atoms with Crippen LogP contribution in [0.15, 0.2) is 224 Å². The zero-order valence-electron chi connectivity index (χ0n) is 35.1. The Morgan fingerprint density at radius 3 is 1.63 bits per heavy atom. The summed E-state index contributed by atoms with van der Waals surface area (Å²) in [6, 6.07) is 80.6. The predicted octanol–water partition coefficient (Wildman–Crippen LogP) is 16.9. The van der Waals surface area contributed by atoms with Crippen molar-refractivity contribution in [1.29, 1.82) is 0 Å². The summed E-state index contributed by atoms with van der Waals surface area (Å²) in [6.07, 6.45) is 0. The van der Waals surface area contributed by atoms with Gasteiger partial charge in [0.1, 0.15) is 0 Å². The lowest BCUT2D eigenvalue weighted by Gasteiger charge is -2.17. The predicted molar refractivity (Wildman–Crippen MR) is 275 cm³/mol. The molecule has 0 spiro atoms. The first-order valence-electron chi connectivity index (χ1n) is 22.0. The molecule has 0 saturated heterocycles. The molecular formula is C61H37N3S. The van der Waals surface area contributed by atoms with E-state index in [-0.39, 0.29) is 0 Å². The first-order valence-corrected chi connectivity index (χ1v) is 22.8. The molecule has 0 aliphatic rings. The number of aromatic nitrogens is 3. The molecule has 0 bridgehead atoms. The van der Waals surface area contributed by atoms with Gasteiger partial charge in [0, 0.05) is 36.9 Å². The smallest absolute Gasteiger partial charge is 0.165 e. The number of thiophene rings is 1. The molecule has 3 nitrogen and oxygen atoms in total. The molecule has 11 aromatic carbocycles. The van der Waals surface area contributed by atoms with Crippen LogP contribution in [0.1, 0.15) is 0 Å². The fraction of sp³-hybridized carbons (Fsp3) is 0. The van der Waals surface area contributed by atoms with Gasteiger partial charge >= 0.3 is 0 Å². The molecule has 0 unspecified atom stereocenters. The van der Waals surface area contributed by atoms with Crippen molar-refractivity contribution in [2.24, 2.45) is 0 Å². The van der Waals surface area contributed by atoms with Gasteiger partial charge in [-0.3, -0.25) is 0 Å². The van der Waals surface area contributed by atoms with E-state index in [1.54, 1.807) is 11.3 Å². The fourth-order valence-corrected chi connectivity index (χ4v) is 11.0. The molecule has 0 radical (unpaired) electrons. The molecule has 0 saturated carbocycles. The number of hydrogen-bond donors (Lipinski definition) is 0. The molecule has 0 N–H and O–H groups in total. The second-order valence-electron chi connectivity index (χ2n) is 16.7. The zero-order chi connectivity index (χ0) is 42.8. The van der Waals surface area contributed by atoms with Gasteiger partial charge in [-0.1, -0.05) is 194 Å². The number of hydrogen-bond acceptors (Lipinski definition) is 4. The Balaban J connectivity index is 1.08. The van der Waals surface area contributed by atoms with Gasteiger partial charge in [0.15, 0.2) is 17.5 Å². The summed E-state index contributed by atoms with van der Waals surface area (Å²) in [5, 5.41) is 11.7. The van der Waals surface area contributed by atoms with Crippen LogP contribution in [-0.4, -0.2) is 15.0 Å². The quantitative estimate of drug-likeness (QED) is 0.167. The van der Waals surface area contributed by atoms with E-state index in [0.717, 1.165) is 65.2 Å². The Labute approximate surface area is 379 Å². The Kier molecular flexibility index (Phi) is 8.71. The molecule has 65 heavy (non-hydrogen) atoms.